The number of allylic oxidation sites excluding steroid dienone is 1. The Morgan fingerprint density at radius 3 is 2.55 bits per heavy atom. The molecule has 8 rings (SSSR count). The molecule has 1 atom stereocenters. The van der Waals surface area contributed by atoms with Crippen molar-refractivity contribution in [3.05, 3.63) is 127 Å². The van der Waals surface area contributed by atoms with Gasteiger partial charge in [-0.3, -0.25) is 4.98 Å². The van der Waals surface area contributed by atoms with E-state index < -0.39 is 0 Å². The van der Waals surface area contributed by atoms with Crippen LogP contribution in [0, 0.1) is 17.5 Å². The van der Waals surface area contributed by atoms with Crippen LogP contribution in [0.1, 0.15) is 44.9 Å². The SMILES string of the molecule is CC(C)(C)Cc1ccnc(-c2[c-]ccc3c2oc2ccccc23)c1.CC1C=Cc2cccc3nc(-c4[c-]cccc4)n1c23.[Ir]. The van der Waals surface area contributed by atoms with Gasteiger partial charge in [0.05, 0.1) is 22.4 Å². The van der Waals surface area contributed by atoms with Crippen LogP contribution in [0.2, 0.25) is 0 Å². The van der Waals surface area contributed by atoms with Gasteiger partial charge in [-0.1, -0.05) is 85.8 Å². The van der Waals surface area contributed by atoms with Crippen LogP contribution in [0.25, 0.3) is 61.7 Å². The molecule has 0 N–H and O–H groups in total. The molecule has 3 aromatic heterocycles. The number of fused-ring (bicyclic) bond motifs is 3. The van der Waals surface area contributed by atoms with Gasteiger partial charge in [-0.15, -0.1) is 54.1 Å². The molecule has 0 saturated carbocycles. The average Bonchev–Trinajstić information content (AvgIpc) is 3.59. The number of rotatable bonds is 3. The molecule has 0 fully saturated rings. The number of pyridine rings is 1. The van der Waals surface area contributed by atoms with Crippen LogP contribution in [-0.4, -0.2) is 14.5 Å². The van der Waals surface area contributed by atoms with Crippen LogP contribution in [0.15, 0.2) is 108 Å². The van der Waals surface area contributed by atoms with E-state index in [4.69, 9.17) is 9.40 Å². The summed E-state index contributed by atoms with van der Waals surface area (Å²) >= 11 is 0. The van der Waals surface area contributed by atoms with E-state index in [1.165, 1.54) is 16.6 Å². The van der Waals surface area contributed by atoms with Crippen LogP contribution < -0.4 is 0 Å². The predicted octanol–water partition coefficient (Wildman–Crippen LogP) is 10.1. The maximum atomic E-state index is 6.11. The summed E-state index contributed by atoms with van der Waals surface area (Å²) in [4.78, 5) is 9.37. The van der Waals surface area contributed by atoms with Gasteiger partial charge in [-0.2, -0.15) is 0 Å². The molecule has 1 unspecified atom stereocenters. The molecule has 1 aliphatic heterocycles. The van der Waals surface area contributed by atoms with Gasteiger partial charge < -0.3 is 14.0 Å². The second kappa shape index (κ2) is 12.0. The summed E-state index contributed by atoms with van der Waals surface area (Å²) in [6, 6.07) is 37.6. The van der Waals surface area contributed by atoms with E-state index >= 15 is 0 Å². The number of aromatic nitrogens is 3. The third-order valence-electron chi connectivity index (χ3n) is 7.81. The summed E-state index contributed by atoms with van der Waals surface area (Å²) < 4.78 is 8.41. The normalized spacial score (nSPS) is 14.0. The summed E-state index contributed by atoms with van der Waals surface area (Å²) in [7, 11) is 0. The molecule has 0 amide bonds. The van der Waals surface area contributed by atoms with E-state index in [0.29, 0.717) is 6.04 Å². The number of benzene rings is 4. The molecule has 7 aromatic rings. The van der Waals surface area contributed by atoms with Crippen molar-refractivity contribution in [2.45, 2.75) is 40.2 Å². The quantitative estimate of drug-likeness (QED) is 0.169. The Kier molecular flexibility index (Phi) is 8.11. The molecule has 0 saturated heterocycles. The smallest absolute Gasteiger partial charge is 0.120 e. The zero-order valence-corrected chi connectivity index (χ0v) is 27.7. The second-order valence-electron chi connectivity index (χ2n) is 12.4. The molecule has 0 spiro atoms. The molecule has 4 heterocycles. The van der Waals surface area contributed by atoms with Crippen molar-refractivity contribution in [3.63, 3.8) is 0 Å². The van der Waals surface area contributed by atoms with Gasteiger partial charge in [-0.05, 0) is 48.2 Å². The monoisotopic (exact) mass is 752 g/mol. The van der Waals surface area contributed by atoms with Gasteiger partial charge in [-0.25, -0.2) is 0 Å². The minimum absolute atomic E-state index is 0. The fourth-order valence-corrected chi connectivity index (χ4v) is 5.97. The number of hydrogen-bond donors (Lipinski definition) is 0. The van der Waals surface area contributed by atoms with Crippen LogP contribution in [0.3, 0.4) is 0 Å². The minimum Gasteiger partial charge on any atom is -0.501 e. The standard InChI is InChI=1S/C22H20NO.C17H13N2.Ir/c1-22(2,3)14-15-11-12-23-19(13-15)18-9-6-8-17-16-7-4-5-10-20(16)24-21(17)18;1-12-10-11-13-8-5-9-15-16(13)19(12)17(18-15)14-6-3-2-4-7-14;/h4-8,10-13H,14H2,1-3H3;2-6,8-12H,1H3;/q2*-1;. The Hall–Kier alpha value is -4.31. The topological polar surface area (TPSA) is 43.9 Å². The predicted molar refractivity (Wildman–Crippen MR) is 177 cm³/mol. The van der Waals surface area contributed by atoms with E-state index in [9.17, 15) is 0 Å². The summed E-state index contributed by atoms with van der Waals surface area (Å²) in [5.74, 6) is 1.000. The van der Waals surface area contributed by atoms with Gasteiger partial charge in [0.1, 0.15) is 5.58 Å². The van der Waals surface area contributed by atoms with Gasteiger partial charge in [0, 0.05) is 37.7 Å². The van der Waals surface area contributed by atoms with Crippen molar-refractivity contribution in [1.29, 1.82) is 0 Å². The van der Waals surface area contributed by atoms with Crippen LogP contribution in [-0.2, 0) is 26.5 Å². The minimum atomic E-state index is 0. The Labute approximate surface area is 271 Å². The summed E-state index contributed by atoms with van der Waals surface area (Å²) in [5.41, 5.74) is 9.71. The Morgan fingerprint density at radius 1 is 0.886 bits per heavy atom. The van der Waals surface area contributed by atoms with Crippen molar-refractivity contribution in [2.24, 2.45) is 5.41 Å². The van der Waals surface area contributed by atoms with Crippen LogP contribution in [0.4, 0.5) is 0 Å². The first-order chi connectivity index (χ1) is 20.9. The van der Waals surface area contributed by atoms with Crippen molar-refractivity contribution >= 4 is 39.0 Å². The van der Waals surface area contributed by atoms with Gasteiger partial charge in [0.15, 0.2) is 0 Å². The zero-order valence-electron chi connectivity index (χ0n) is 25.3. The van der Waals surface area contributed by atoms with E-state index in [2.05, 4.69) is 110 Å². The molecule has 44 heavy (non-hydrogen) atoms. The Bertz CT molecular complexity index is 2120. The molecule has 1 aliphatic rings. The van der Waals surface area contributed by atoms with E-state index in [1.807, 2.05) is 48.7 Å². The number of imidazole rings is 1. The number of nitrogens with zero attached hydrogens (tertiary/aromatic N) is 3. The second-order valence-corrected chi connectivity index (χ2v) is 12.4. The van der Waals surface area contributed by atoms with Gasteiger partial charge >= 0.3 is 0 Å². The van der Waals surface area contributed by atoms with E-state index in [0.717, 1.165) is 56.5 Å². The third kappa shape index (κ3) is 5.66. The van der Waals surface area contributed by atoms with Gasteiger partial charge in [0.25, 0.3) is 0 Å². The molecule has 0 aliphatic carbocycles. The first-order valence-corrected chi connectivity index (χ1v) is 14.8. The van der Waals surface area contributed by atoms with Crippen molar-refractivity contribution in [1.82, 2.24) is 14.5 Å². The van der Waals surface area contributed by atoms with E-state index in [-0.39, 0.29) is 25.5 Å². The molecule has 5 heteroatoms. The van der Waals surface area contributed by atoms with Crippen LogP contribution >= 0.6 is 0 Å². The average molecular weight is 752 g/mol. The van der Waals surface area contributed by atoms with Crippen molar-refractivity contribution in [3.8, 4) is 22.6 Å². The first kappa shape index (κ1) is 29.7. The number of hydrogen-bond acceptors (Lipinski definition) is 3. The molecular weight excluding hydrogens is 719 g/mol. The maximum Gasteiger partial charge on any atom is 0.120 e. The summed E-state index contributed by atoms with van der Waals surface area (Å²) in [5, 5.41) is 2.25. The largest absolute Gasteiger partial charge is 0.501 e. The van der Waals surface area contributed by atoms with Crippen molar-refractivity contribution < 1.29 is 24.5 Å². The molecule has 1 radical (unpaired) electrons. The summed E-state index contributed by atoms with van der Waals surface area (Å²) in [6.45, 7) is 8.94. The van der Waals surface area contributed by atoms with Gasteiger partial charge in [0.2, 0.25) is 0 Å². The molecule has 4 nitrogen and oxygen atoms in total. The Morgan fingerprint density at radius 2 is 1.73 bits per heavy atom. The number of furan rings is 1. The first-order valence-electron chi connectivity index (χ1n) is 14.8. The maximum absolute atomic E-state index is 6.11. The summed E-state index contributed by atoms with van der Waals surface area (Å²) in [6.07, 6.45) is 7.30. The fourth-order valence-electron chi connectivity index (χ4n) is 5.97. The third-order valence-corrected chi connectivity index (χ3v) is 7.81. The molecule has 221 valence electrons. The van der Waals surface area contributed by atoms with E-state index in [1.54, 1.807) is 0 Å². The van der Waals surface area contributed by atoms with Crippen LogP contribution in [0.5, 0.6) is 0 Å². The fraction of sp³-hybridized carbons (Fsp3) is 0.179. The Balaban J connectivity index is 0.000000156. The number of para-hydroxylation sites is 2. The molecular formula is C39H33IrN3O-2. The van der Waals surface area contributed by atoms with Crippen molar-refractivity contribution in [2.75, 3.05) is 0 Å². The molecule has 4 aromatic carbocycles. The molecule has 0 bridgehead atoms. The zero-order chi connectivity index (χ0) is 29.6.